The second kappa shape index (κ2) is 5.87. The Balaban J connectivity index is 2.71. The van der Waals surface area contributed by atoms with Crippen LogP contribution in [-0.4, -0.2) is 32.1 Å². The number of benzene rings is 1. The summed E-state index contributed by atoms with van der Waals surface area (Å²) in [7, 11) is 2.41. The molecule has 1 aliphatic heterocycles. The summed E-state index contributed by atoms with van der Waals surface area (Å²) in [6, 6.07) is 7.07. The van der Waals surface area contributed by atoms with E-state index >= 15 is 0 Å². The molecule has 0 N–H and O–H groups in total. The first-order valence-electron chi connectivity index (χ1n) is 7.08. The molecule has 1 aromatic rings. The van der Waals surface area contributed by atoms with Gasteiger partial charge in [-0.05, 0) is 32.9 Å². The van der Waals surface area contributed by atoms with Crippen molar-refractivity contribution < 1.29 is 23.9 Å². The lowest BCUT2D eigenvalue weighted by molar-refractivity contribution is -0.140. The first-order valence-corrected chi connectivity index (χ1v) is 7.08. The van der Waals surface area contributed by atoms with Gasteiger partial charge in [-0.1, -0.05) is 17.7 Å². The van der Waals surface area contributed by atoms with Crippen molar-refractivity contribution in [2.24, 2.45) is 5.41 Å². The van der Waals surface area contributed by atoms with E-state index in [1.165, 1.54) is 19.1 Å². The van der Waals surface area contributed by atoms with Gasteiger partial charge in [0.1, 0.15) is 5.70 Å². The van der Waals surface area contributed by atoms with Gasteiger partial charge in [0.15, 0.2) is 0 Å². The SMILES string of the molecule is COC(=O)C1=C(C(=O)OC)C(C)(C)C(=O)N1c1ccc(C)cc1. The molecule has 6 nitrogen and oxygen atoms in total. The maximum absolute atomic E-state index is 12.8. The van der Waals surface area contributed by atoms with Crippen molar-refractivity contribution >= 4 is 23.5 Å². The molecule has 0 unspecified atom stereocenters. The average molecular weight is 317 g/mol. The van der Waals surface area contributed by atoms with E-state index in [1.807, 2.05) is 19.1 Å². The summed E-state index contributed by atoms with van der Waals surface area (Å²) in [5.74, 6) is -1.87. The molecule has 122 valence electrons. The zero-order chi connectivity index (χ0) is 17.4. The molecule has 0 bridgehead atoms. The molecule has 1 aromatic carbocycles. The Hall–Kier alpha value is -2.63. The fourth-order valence-corrected chi connectivity index (χ4v) is 2.58. The number of ether oxygens (including phenoxy) is 2. The van der Waals surface area contributed by atoms with Crippen molar-refractivity contribution in [1.29, 1.82) is 0 Å². The van der Waals surface area contributed by atoms with E-state index in [2.05, 4.69) is 0 Å². The van der Waals surface area contributed by atoms with Crippen LogP contribution in [0.25, 0.3) is 0 Å². The Kier molecular flexibility index (Phi) is 4.27. The molecular formula is C17H19NO5. The highest BCUT2D eigenvalue weighted by molar-refractivity contribution is 6.20. The number of hydrogen-bond donors (Lipinski definition) is 0. The number of aryl methyl sites for hydroxylation is 1. The summed E-state index contributed by atoms with van der Waals surface area (Å²) >= 11 is 0. The van der Waals surface area contributed by atoms with Gasteiger partial charge in [-0.15, -0.1) is 0 Å². The molecule has 1 amide bonds. The summed E-state index contributed by atoms with van der Waals surface area (Å²) in [5, 5.41) is 0. The minimum absolute atomic E-state index is 0.00238. The molecule has 0 saturated carbocycles. The van der Waals surface area contributed by atoms with Crippen LogP contribution < -0.4 is 4.90 Å². The third-order valence-corrected chi connectivity index (χ3v) is 3.88. The van der Waals surface area contributed by atoms with Crippen LogP contribution in [0.3, 0.4) is 0 Å². The van der Waals surface area contributed by atoms with Crippen LogP contribution in [0.5, 0.6) is 0 Å². The second-order valence-corrected chi connectivity index (χ2v) is 5.81. The zero-order valence-corrected chi connectivity index (χ0v) is 13.8. The molecule has 1 heterocycles. The molecule has 6 heteroatoms. The molecule has 0 saturated heterocycles. The van der Waals surface area contributed by atoms with E-state index in [-0.39, 0.29) is 17.2 Å². The third kappa shape index (κ3) is 2.60. The van der Waals surface area contributed by atoms with Gasteiger partial charge in [0.25, 0.3) is 0 Å². The number of carbonyl (C=O) groups is 3. The zero-order valence-electron chi connectivity index (χ0n) is 13.8. The van der Waals surface area contributed by atoms with Gasteiger partial charge in [-0.2, -0.15) is 0 Å². The highest BCUT2D eigenvalue weighted by atomic mass is 16.5. The van der Waals surface area contributed by atoms with Crippen LogP contribution in [0.2, 0.25) is 0 Å². The average Bonchev–Trinajstić information content (AvgIpc) is 2.74. The van der Waals surface area contributed by atoms with E-state index in [9.17, 15) is 14.4 Å². The summed E-state index contributed by atoms with van der Waals surface area (Å²) in [6.07, 6.45) is 0. The molecule has 0 fully saturated rings. The third-order valence-electron chi connectivity index (χ3n) is 3.88. The number of amides is 1. The Morgan fingerprint density at radius 3 is 2.00 bits per heavy atom. The number of esters is 2. The molecule has 0 atom stereocenters. The van der Waals surface area contributed by atoms with Crippen molar-refractivity contribution in [1.82, 2.24) is 0 Å². The summed E-state index contributed by atoms with van der Waals surface area (Å²) in [6.45, 7) is 5.08. The summed E-state index contributed by atoms with van der Waals surface area (Å²) in [4.78, 5) is 38.5. The van der Waals surface area contributed by atoms with E-state index in [0.29, 0.717) is 5.69 Å². The molecule has 2 rings (SSSR count). The number of nitrogens with zero attached hydrogens (tertiary/aromatic N) is 1. The summed E-state index contributed by atoms with van der Waals surface area (Å²) < 4.78 is 9.54. The van der Waals surface area contributed by atoms with E-state index in [0.717, 1.165) is 5.56 Å². The van der Waals surface area contributed by atoms with E-state index < -0.39 is 17.4 Å². The number of carbonyl (C=O) groups excluding carboxylic acids is 3. The molecule has 0 aliphatic carbocycles. The Bertz CT molecular complexity index is 700. The maximum atomic E-state index is 12.8. The summed E-state index contributed by atoms with van der Waals surface area (Å²) in [5.41, 5.74) is 0.210. The predicted molar refractivity (Wildman–Crippen MR) is 83.5 cm³/mol. The fourth-order valence-electron chi connectivity index (χ4n) is 2.58. The fraction of sp³-hybridized carbons (Fsp3) is 0.353. The van der Waals surface area contributed by atoms with Gasteiger partial charge in [0.2, 0.25) is 5.91 Å². The van der Waals surface area contributed by atoms with Gasteiger partial charge < -0.3 is 9.47 Å². The largest absolute Gasteiger partial charge is 0.466 e. The van der Waals surface area contributed by atoms with Crippen molar-refractivity contribution in [2.75, 3.05) is 19.1 Å². The van der Waals surface area contributed by atoms with Gasteiger partial charge in [0, 0.05) is 5.69 Å². The van der Waals surface area contributed by atoms with Crippen LogP contribution in [0.4, 0.5) is 5.69 Å². The number of methoxy groups -OCH3 is 2. The predicted octanol–water partition coefficient (Wildman–Crippen LogP) is 1.97. The van der Waals surface area contributed by atoms with Crippen molar-refractivity contribution in [3.8, 4) is 0 Å². The topological polar surface area (TPSA) is 72.9 Å². The Labute approximate surface area is 134 Å². The van der Waals surface area contributed by atoms with Crippen molar-refractivity contribution in [3.05, 3.63) is 41.1 Å². The minimum atomic E-state index is -1.19. The molecule has 0 spiro atoms. The van der Waals surface area contributed by atoms with Gasteiger partial charge in [0.05, 0.1) is 25.2 Å². The molecular weight excluding hydrogens is 298 g/mol. The van der Waals surface area contributed by atoms with Crippen LogP contribution >= 0.6 is 0 Å². The Morgan fingerprint density at radius 1 is 1.00 bits per heavy atom. The van der Waals surface area contributed by atoms with Crippen molar-refractivity contribution in [3.63, 3.8) is 0 Å². The smallest absolute Gasteiger partial charge is 0.355 e. The van der Waals surface area contributed by atoms with Crippen LogP contribution in [0, 0.1) is 12.3 Å². The van der Waals surface area contributed by atoms with Gasteiger partial charge in [-0.3, -0.25) is 9.69 Å². The van der Waals surface area contributed by atoms with Gasteiger partial charge in [-0.25, -0.2) is 9.59 Å². The first kappa shape index (κ1) is 16.7. The van der Waals surface area contributed by atoms with Gasteiger partial charge >= 0.3 is 11.9 Å². The molecule has 1 aliphatic rings. The number of rotatable bonds is 3. The molecule has 0 radical (unpaired) electrons. The minimum Gasteiger partial charge on any atom is -0.466 e. The lowest BCUT2D eigenvalue weighted by Gasteiger charge is -2.22. The van der Waals surface area contributed by atoms with Crippen LogP contribution in [-0.2, 0) is 23.9 Å². The number of anilines is 1. The highest BCUT2D eigenvalue weighted by Crippen LogP contribution is 2.43. The lowest BCUT2D eigenvalue weighted by Crippen LogP contribution is -2.35. The lowest BCUT2D eigenvalue weighted by atomic mass is 9.85. The molecule has 23 heavy (non-hydrogen) atoms. The van der Waals surface area contributed by atoms with E-state index in [4.69, 9.17) is 9.47 Å². The second-order valence-electron chi connectivity index (χ2n) is 5.81. The van der Waals surface area contributed by atoms with Crippen LogP contribution in [0.15, 0.2) is 35.5 Å². The van der Waals surface area contributed by atoms with Crippen molar-refractivity contribution in [2.45, 2.75) is 20.8 Å². The van der Waals surface area contributed by atoms with E-state index in [1.54, 1.807) is 26.0 Å². The first-order chi connectivity index (χ1) is 10.8. The monoisotopic (exact) mass is 317 g/mol. The Morgan fingerprint density at radius 2 is 1.52 bits per heavy atom. The normalized spacial score (nSPS) is 16.6. The number of hydrogen-bond acceptors (Lipinski definition) is 5. The highest BCUT2D eigenvalue weighted by Gasteiger charge is 2.52. The standard InChI is InChI=1S/C17H19NO5/c1-10-6-8-11(9-7-10)18-13(15(20)23-5)12(14(19)22-4)17(2,3)16(18)21/h6-9H,1-5H3. The maximum Gasteiger partial charge on any atom is 0.355 e. The quantitative estimate of drug-likeness (QED) is 0.797. The van der Waals surface area contributed by atoms with Crippen LogP contribution in [0.1, 0.15) is 19.4 Å². The molecule has 0 aromatic heterocycles.